The second-order valence-electron chi connectivity index (χ2n) is 4.34. The zero-order valence-corrected chi connectivity index (χ0v) is 13.8. The molecule has 0 atom stereocenters. The van der Waals surface area contributed by atoms with Gasteiger partial charge in [0, 0.05) is 0 Å². The van der Waals surface area contributed by atoms with E-state index in [1.165, 1.54) is 14.2 Å². The van der Waals surface area contributed by atoms with E-state index < -0.39 is 19.8 Å². The first-order valence-corrected chi connectivity index (χ1v) is 8.20. The number of hydrogen-bond acceptors (Lipinski definition) is 3. The average Bonchev–Trinajstić information content (AvgIpc) is 2.39. The third-order valence-electron chi connectivity index (χ3n) is 2.78. The summed E-state index contributed by atoms with van der Waals surface area (Å²) in [7, 11) is 3.02. The molecule has 114 valence electrons. The van der Waals surface area contributed by atoms with Crippen LogP contribution in [0.1, 0.15) is 25.3 Å². The molecule has 0 unspecified atom stereocenters. The molecule has 20 heavy (non-hydrogen) atoms. The number of halogens is 2. The molecule has 3 nitrogen and oxygen atoms in total. The summed E-state index contributed by atoms with van der Waals surface area (Å²) in [6.45, 7) is 2.22. The van der Waals surface area contributed by atoms with Crippen LogP contribution in [0.5, 0.6) is 11.5 Å². The molecular formula is C14H21F2NO2Se. The van der Waals surface area contributed by atoms with E-state index in [1.807, 2.05) is 0 Å². The first kappa shape index (κ1) is 17.2. The van der Waals surface area contributed by atoms with Crippen LogP contribution in [0.25, 0.3) is 0 Å². The number of ether oxygens (including phenoxy) is 2. The Morgan fingerprint density at radius 2 is 1.85 bits per heavy atom. The first-order chi connectivity index (χ1) is 9.47. The molecule has 1 rings (SSSR count). The number of methoxy groups -OCH3 is 2. The van der Waals surface area contributed by atoms with E-state index in [0.29, 0.717) is 35.3 Å². The third-order valence-corrected chi connectivity index (χ3v) is 4.97. The van der Waals surface area contributed by atoms with Gasteiger partial charge < -0.3 is 0 Å². The van der Waals surface area contributed by atoms with Crippen LogP contribution in [0.3, 0.4) is 0 Å². The molecule has 0 amide bonds. The molecule has 6 heteroatoms. The minimum absolute atomic E-state index is 0.108. The summed E-state index contributed by atoms with van der Waals surface area (Å²) in [5.41, 5.74) is 6.42. The van der Waals surface area contributed by atoms with Crippen LogP contribution >= 0.6 is 0 Å². The van der Waals surface area contributed by atoms with E-state index in [4.69, 9.17) is 15.2 Å². The monoisotopic (exact) mass is 353 g/mol. The second-order valence-corrected chi connectivity index (χ2v) is 6.95. The fourth-order valence-corrected chi connectivity index (χ4v) is 4.04. The van der Waals surface area contributed by atoms with Crippen LogP contribution in [0, 0.1) is 0 Å². The van der Waals surface area contributed by atoms with Crippen LogP contribution in [-0.2, 0) is 6.42 Å². The Kier molecular flexibility index (Phi) is 6.72. The second kappa shape index (κ2) is 7.81. The molecule has 0 aromatic heterocycles. The average molecular weight is 352 g/mol. The van der Waals surface area contributed by atoms with Crippen molar-refractivity contribution in [3.63, 3.8) is 0 Å². The molecule has 1 aromatic rings. The normalized spacial score (nSPS) is 11.5. The van der Waals surface area contributed by atoms with Crippen molar-refractivity contribution in [2.75, 3.05) is 20.8 Å². The molecule has 2 N–H and O–H groups in total. The standard InChI is InChI=1S/C14H21F2NO2Se/c1-4-6-14(15,16)20-13-9-11(18-2)10(5-7-17)8-12(13)19-3/h8-9H,4-7,17H2,1-3H3. The Labute approximate surface area is 125 Å². The van der Waals surface area contributed by atoms with Gasteiger partial charge in [-0.15, -0.1) is 0 Å². The van der Waals surface area contributed by atoms with E-state index in [2.05, 4.69) is 0 Å². The van der Waals surface area contributed by atoms with Gasteiger partial charge in [0.1, 0.15) is 0 Å². The fraction of sp³-hybridized carbons (Fsp3) is 0.571. The summed E-state index contributed by atoms with van der Waals surface area (Å²) < 4.78 is 38.7. The van der Waals surface area contributed by atoms with E-state index >= 15 is 0 Å². The Bertz CT molecular complexity index is 441. The maximum absolute atomic E-state index is 13.8. The van der Waals surface area contributed by atoms with Crippen LogP contribution in [0.2, 0.25) is 0 Å². The topological polar surface area (TPSA) is 44.5 Å². The number of rotatable bonds is 8. The van der Waals surface area contributed by atoms with E-state index in [1.54, 1.807) is 19.1 Å². The van der Waals surface area contributed by atoms with E-state index in [9.17, 15) is 8.78 Å². The summed E-state index contributed by atoms with van der Waals surface area (Å²) in [4.78, 5) is -2.67. The van der Waals surface area contributed by atoms with Crippen LogP contribution in [-0.4, -0.2) is 40.5 Å². The summed E-state index contributed by atoms with van der Waals surface area (Å²) in [6, 6.07) is 3.41. The summed E-state index contributed by atoms with van der Waals surface area (Å²) in [5.74, 6) is 1.09. The van der Waals surface area contributed by atoms with Gasteiger partial charge in [0.15, 0.2) is 0 Å². The molecule has 0 bridgehead atoms. The molecular weight excluding hydrogens is 331 g/mol. The Hall–Kier alpha value is -0.841. The number of benzene rings is 1. The van der Waals surface area contributed by atoms with Crippen molar-refractivity contribution >= 4 is 19.4 Å². The number of nitrogens with two attached hydrogens (primary N) is 1. The number of hydrogen-bond donors (Lipinski definition) is 1. The summed E-state index contributed by atoms with van der Waals surface area (Å²) in [6.07, 6.45) is 0.973. The summed E-state index contributed by atoms with van der Waals surface area (Å²) >= 11 is -0.983. The summed E-state index contributed by atoms with van der Waals surface area (Å²) in [5, 5.41) is 0. The third kappa shape index (κ3) is 4.62. The molecule has 0 spiro atoms. The van der Waals surface area contributed by atoms with Crippen molar-refractivity contribution in [2.24, 2.45) is 5.73 Å². The van der Waals surface area contributed by atoms with Crippen molar-refractivity contribution < 1.29 is 18.3 Å². The number of alkyl halides is 2. The van der Waals surface area contributed by atoms with Crippen LogP contribution in [0.4, 0.5) is 8.78 Å². The quantitative estimate of drug-likeness (QED) is 0.727. The van der Waals surface area contributed by atoms with Gasteiger partial charge in [-0.2, -0.15) is 0 Å². The van der Waals surface area contributed by atoms with Crippen molar-refractivity contribution in [2.45, 2.75) is 31.0 Å². The van der Waals surface area contributed by atoms with Crippen LogP contribution in [0.15, 0.2) is 12.1 Å². The maximum atomic E-state index is 13.8. The van der Waals surface area contributed by atoms with Gasteiger partial charge >= 0.3 is 124 Å². The minimum atomic E-state index is -2.67. The first-order valence-electron chi connectivity index (χ1n) is 6.49. The Balaban J connectivity index is 3.12. The van der Waals surface area contributed by atoms with Gasteiger partial charge in [-0.3, -0.25) is 0 Å². The molecule has 0 aliphatic carbocycles. The Morgan fingerprint density at radius 3 is 2.35 bits per heavy atom. The predicted octanol–water partition coefficient (Wildman–Crippen LogP) is 1.93. The van der Waals surface area contributed by atoms with Crippen LogP contribution < -0.4 is 19.7 Å². The van der Waals surface area contributed by atoms with E-state index in [-0.39, 0.29) is 6.42 Å². The molecule has 0 heterocycles. The molecule has 0 aliphatic heterocycles. The Morgan fingerprint density at radius 1 is 1.20 bits per heavy atom. The van der Waals surface area contributed by atoms with E-state index in [0.717, 1.165) is 5.56 Å². The SMILES string of the molecule is CCCC(F)(F)[Se]c1cc(OC)c(CCN)cc1OC. The van der Waals surface area contributed by atoms with Gasteiger partial charge in [-0.1, -0.05) is 0 Å². The van der Waals surface area contributed by atoms with Gasteiger partial charge in [0.2, 0.25) is 0 Å². The van der Waals surface area contributed by atoms with Crippen molar-refractivity contribution in [3.05, 3.63) is 17.7 Å². The van der Waals surface area contributed by atoms with Crippen molar-refractivity contribution in [3.8, 4) is 11.5 Å². The van der Waals surface area contributed by atoms with Crippen molar-refractivity contribution in [1.82, 2.24) is 0 Å². The molecule has 0 saturated heterocycles. The molecule has 0 fully saturated rings. The predicted molar refractivity (Wildman–Crippen MR) is 77.5 cm³/mol. The molecule has 0 radical (unpaired) electrons. The molecule has 0 saturated carbocycles. The van der Waals surface area contributed by atoms with Gasteiger partial charge in [-0.05, 0) is 0 Å². The zero-order chi connectivity index (χ0) is 15.2. The van der Waals surface area contributed by atoms with Gasteiger partial charge in [-0.25, -0.2) is 0 Å². The van der Waals surface area contributed by atoms with Crippen molar-refractivity contribution in [1.29, 1.82) is 0 Å². The zero-order valence-electron chi connectivity index (χ0n) is 12.0. The molecule has 0 aliphatic rings. The molecule has 1 aromatic carbocycles. The van der Waals surface area contributed by atoms with Gasteiger partial charge in [0.25, 0.3) is 0 Å². The van der Waals surface area contributed by atoms with Gasteiger partial charge in [0.05, 0.1) is 0 Å². The fourth-order valence-electron chi connectivity index (χ4n) is 1.87.